The van der Waals surface area contributed by atoms with E-state index in [1.807, 2.05) is 32.9 Å². The molecule has 0 saturated heterocycles. The van der Waals surface area contributed by atoms with Crippen LogP contribution in [0.15, 0.2) is 17.3 Å². The van der Waals surface area contributed by atoms with Gasteiger partial charge in [-0.3, -0.25) is 0 Å². The lowest BCUT2D eigenvalue weighted by Gasteiger charge is -2.24. The molecule has 3 nitrogen and oxygen atoms in total. The topological polar surface area (TPSA) is 41.8 Å². The molecule has 1 aromatic carbocycles. The van der Waals surface area contributed by atoms with Crippen molar-refractivity contribution in [2.45, 2.75) is 33.3 Å². The van der Waals surface area contributed by atoms with E-state index >= 15 is 0 Å². The third-order valence-corrected chi connectivity index (χ3v) is 2.84. The standard InChI is InChI=1S/C12H15NO2/c1-7-4-10-11(13-14)6-9(3)15-12(10)5-8(7)2/h4-5,9,14H,6H2,1-3H3. The SMILES string of the molecule is Cc1cc2c(cc1C)C(=NO)CC(C)O2. The average molecular weight is 205 g/mol. The summed E-state index contributed by atoms with van der Waals surface area (Å²) in [5.74, 6) is 0.824. The van der Waals surface area contributed by atoms with Crippen LogP contribution in [-0.4, -0.2) is 17.0 Å². The van der Waals surface area contributed by atoms with Gasteiger partial charge in [0.05, 0.1) is 5.71 Å². The largest absolute Gasteiger partial charge is 0.490 e. The number of benzene rings is 1. The first-order valence-electron chi connectivity index (χ1n) is 5.11. The third kappa shape index (κ3) is 1.69. The van der Waals surface area contributed by atoms with Crippen molar-refractivity contribution < 1.29 is 9.94 Å². The van der Waals surface area contributed by atoms with Crippen LogP contribution in [0.2, 0.25) is 0 Å². The summed E-state index contributed by atoms with van der Waals surface area (Å²) in [7, 11) is 0. The number of hydrogen-bond donors (Lipinski definition) is 1. The van der Waals surface area contributed by atoms with Gasteiger partial charge in [0.1, 0.15) is 11.9 Å². The Kier molecular flexibility index (Phi) is 2.39. The molecule has 2 rings (SSSR count). The molecule has 1 atom stereocenters. The maximum Gasteiger partial charge on any atom is 0.129 e. The second-order valence-corrected chi connectivity index (χ2v) is 4.11. The van der Waals surface area contributed by atoms with Gasteiger partial charge in [-0.15, -0.1) is 0 Å². The summed E-state index contributed by atoms with van der Waals surface area (Å²) >= 11 is 0. The van der Waals surface area contributed by atoms with E-state index in [0.717, 1.165) is 11.3 Å². The maximum atomic E-state index is 8.95. The zero-order valence-corrected chi connectivity index (χ0v) is 9.24. The number of fused-ring (bicyclic) bond motifs is 1. The van der Waals surface area contributed by atoms with Crippen molar-refractivity contribution in [1.82, 2.24) is 0 Å². The first-order valence-corrected chi connectivity index (χ1v) is 5.11. The number of aryl methyl sites for hydroxylation is 2. The molecule has 1 unspecified atom stereocenters. The van der Waals surface area contributed by atoms with Crippen LogP contribution in [0, 0.1) is 13.8 Å². The fraction of sp³-hybridized carbons (Fsp3) is 0.417. The molecule has 0 amide bonds. The molecule has 0 spiro atoms. The Labute approximate surface area is 89.4 Å². The number of hydrogen-bond acceptors (Lipinski definition) is 3. The summed E-state index contributed by atoms with van der Waals surface area (Å²) in [5, 5.41) is 12.3. The van der Waals surface area contributed by atoms with Crippen LogP contribution in [0.5, 0.6) is 5.75 Å². The van der Waals surface area contributed by atoms with E-state index in [1.54, 1.807) is 0 Å². The molecule has 1 aliphatic rings. The van der Waals surface area contributed by atoms with Crippen molar-refractivity contribution in [3.05, 3.63) is 28.8 Å². The Balaban J connectivity index is 2.57. The summed E-state index contributed by atoms with van der Waals surface area (Å²) in [6, 6.07) is 4.02. The van der Waals surface area contributed by atoms with Crippen LogP contribution in [0.25, 0.3) is 0 Å². The molecule has 3 heteroatoms. The van der Waals surface area contributed by atoms with E-state index in [-0.39, 0.29) is 6.10 Å². The van der Waals surface area contributed by atoms with Gasteiger partial charge < -0.3 is 9.94 Å². The highest BCUT2D eigenvalue weighted by Crippen LogP contribution is 2.30. The van der Waals surface area contributed by atoms with Gasteiger partial charge in [-0.05, 0) is 44.0 Å². The summed E-state index contributed by atoms with van der Waals surface area (Å²) in [6.45, 7) is 6.07. The smallest absolute Gasteiger partial charge is 0.129 e. The van der Waals surface area contributed by atoms with Crippen LogP contribution in [0.3, 0.4) is 0 Å². The van der Waals surface area contributed by atoms with Crippen LogP contribution in [-0.2, 0) is 0 Å². The lowest BCUT2D eigenvalue weighted by atomic mass is 9.96. The first kappa shape index (κ1) is 10.0. The zero-order chi connectivity index (χ0) is 11.0. The number of ether oxygens (including phenoxy) is 1. The van der Waals surface area contributed by atoms with Gasteiger partial charge in [-0.1, -0.05) is 5.16 Å². The fourth-order valence-electron chi connectivity index (χ4n) is 1.85. The van der Waals surface area contributed by atoms with Crippen LogP contribution < -0.4 is 4.74 Å². The van der Waals surface area contributed by atoms with Gasteiger partial charge in [0, 0.05) is 12.0 Å². The van der Waals surface area contributed by atoms with E-state index in [2.05, 4.69) is 5.16 Å². The second kappa shape index (κ2) is 3.57. The van der Waals surface area contributed by atoms with E-state index in [1.165, 1.54) is 11.1 Å². The van der Waals surface area contributed by atoms with Crippen molar-refractivity contribution in [3.8, 4) is 5.75 Å². The van der Waals surface area contributed by atoms with E-state index in [0.29, 0.717) is 12.1 Å². The predicted octanol–water partition coefficient (Wildman–Crippen LogP) is 2.65. The highest BCUT2D eigenvalue weighted by atomic mass is 16.5. The molecule has 1 N–H and O–H groups in total. The van der Waals surface area contributed by atoms with Gasteiger partial charge >= 0.3 is 0 Å². The quantitative estimate of drug-likeness (QED) is 0.522. The van der Waals surface area contributed by atoms with E-state index in [9.17, 15) is 0 Å². The zero-order valence-electron chi connectivity index (χ0n) is 9.24. The molecule has 1 aliphatic heterocycles. The molecule has 0 saturated carbocycles. The fourth-order valence-corrected chi connectivity index (χ4v) is 1.85. The Morgan fingerprint density at radius 2 is 2.00 bits per heavy atom. The van der Waals surface area contributed by atoms with E-state index < -0.39 is 0 Å². The van der Waals surface area contributed by atoms with Crippen molar-refractivity contribution in [1.29, 1.82) is 0 Å². The molecule has 80 valence electrons. The molecule has 0 fully saturated rings. The molecule has 0 aliphatic carbocycles. The number of nitrogens with zero attached hydrogens (tertiary/aromatic N) is 1. The molecule has 1 heterocycles. The summed E-state index contributed by atoms with van der Waals surface area (Å²) < 4.78 is 5.71. The van der Waals surface area contributed by atoms with Gasteiger partial charge in [0.25, 0.3) is 0 Å². The van der Waals surface area contributed by atoms with Crippen LogP contribution in [0.1, 0.15) is 30.0 Å². The first-order chi connectivity index (χ1) is 7.11. The lowest BCUT2D eigenvalue weighted by molar-refractivity contribution is 0.218. The summed E-state index contributed by atoms with van der Waals surface area (Å²) in [4.78, 5) is 0. The second-order valence-electron chi connectivity index (χ2n) is 4.11. The Hall–Kier alpha value is -1.51. The van der Waals surface area contributed by atoms with Gasteiger partial charge in [0.2, 0.25) is 0 Å². The highest BCUT2D eigenvalue weighted by Gasteiger charge is 2.22. The molecular formula is C12H15NO2. The van der Waals surface area contributed by atoms with Gasteiger partial charge in [-0.25, -0.2) is 0 Å². The lowest BCUT2D eigenvalue weighted by Crippen LogP contribution is -2.24. The molecule has 0 radical (unpaired) electrons. The third-order valence-electron chi connectivity index (χ3n) is 2.84. The Morgan fingerprint density at radius 3 is 2.67 bits per heavy atom. The van der Waals surface area contributed by atoms with Crippen molar-refractivity contribution in [3.63, 3.8) is 0 Å². The number of rotatable bonds is 0. The van der Waals surface area contributed by atoms with Crippen molar-refractivity contribution in [2.24, 2.45) is 5.16 Å². The number of oxime groups is 1. The van der Waals surface area contributed by atoms with Gasteiger partial charge in [0.15, 0.2) is 0 Å². The Bertz CT molecular complexity index is 424. The predicted molar refractivity (Wildman–Crippen MR) is 58.9 cm³/mol. The minimum Gasteiger partial charge on any atom is -0.490 e. The highest BCUT2D eigenvalue weighted by molar-refractivity contribution is 6.03. The summed E-state index contributed by atoms with van der Waals surface area (Å²) in [5.41, 5.74) is 4.01. The van der Waals surface area contributed by atoms with Crippen molar-refractivity contribution in [2.75, 3.05) is 0 Å². The maximum absolute atomic E-state index is 8.95. The van der Waals surface area contributed by atoms with Crippen LogP contribution >= 0.6 is 0 Å². The van der Waals surface area contributed by atoms with Crippen molar-refractivity contribution >= 4 is 5.71 Å². The van der Waals surface area contributed by atoms with Crippen LogP contribution in [0.4, 0.5) is 0 Å². The monoisotopic (exact) mass is 205 g/mol. The molecule has 0 bridgehead atoms. The molecule has 15 heavy (non-hydrogen) atoms. The molecule has 0 aromatic heterocycles. The minimum absolute atomic E-state index is 0.0745. The minimum atomic E-state index is 0.0745. The average Bonchev–Trinajstić information content (AvgIpc) is 2.19. The Morgan fingerprint density at radius 1 is 1.33 bits per heavy atom. The molecular weight excluding hydrogens is 190 g/mol. The molecule has 1 aromatic rings. The van der Waals surface area contributed by atoms with E-state index in [4.69, 9.17) is 9.94 Å². The summed E-state index contributed by atoms with van der Waals surface area (Å²) in [6.07, 6.45) is 0.733. The van der Waals surface area contributed by atoms with Gasteiger partial charge in [-0.2, -0.15) is 0 Å². The normalized spacial score (nSPS) is 22.3.